The molecule has 0 spiro atoms. The van der Waals surface area contributed by atoms with Crippen molar-refractivity contribution in [1.82, 2.24) is 9.80 Å². The third-order valence-electron chi connectivity index (χ3n) is 6.35. The zero-order valence-electron chi connectivity index (χ0n) is 16.9. The highest BCUT2D eigenvalue weighted by Gasteiger charge is 2.38. The molecule has 0 bridgehead atoms. The molecule has 3 atom stereocenters. The highest BCUT2D eigenvalue weighted by atomic mass is 35.5. The summed E-state index contributed by atoms with van der Waals surface area (Å²) in [4.78, 5) is 17.6. The third-order valence-corrected chi connectivity index (χ3v) is 6.35. The van der Waals surface area contributed by atoms with Crippen LogP contribution in [0.25, 0.3) is 0 Å². The summed E-state index contributed by atoms with van der Waals surface area (Å²) in [5.74, 6) is 0.923. The standard InChI is InChI=1S/C23H29N3O.2ClH/c1-17(25-12-11-18-7-5-6-10-20(18)14-25)23(27)26-15-21(13-24)22(16-26)19-8-3-2-4-9-19;;/h2-10,17,21-22H,11-16,24H2,1H3;2*1H/t17?,21-,22+;;/m1../s1. The maximum atomic E-state index is 13.2. The van der Waals surface area contributed by atoms with Crippen LogP contribution in [0.1, 0.15) is 29.5 Å². The third kappa shape index (κ3) is 4.95. The second-order valence-corrected chi connectivity index (χ2v) is 7.92. The van der Waals surface area contributed by atoms with Crippen LogP contribution in [-0.2, 0) is 17.8 Å². The summed E-state index contributed by atoms with van der Waals surface area (Å²) >= 11 is 0. The number of carbonyl (C=O) groups is 1. The fourth-order valence-corrected chi connectivity index (χ4v) is 4.64. The molecule has 4 nitrogen and oxygen atoms in total. The lowest BCUT2D eigenvalue weighted by molar-refractivity contribution is -0.135. The molecule has 1 unspecified atom stereocenters. The monoisotopic (exact) mass is 435 g/mol. The lowest BCUT2D eigenvalue weighted by atomic mass is 9.89. The Morgan fingerprint density at radius 3 is 2.38 bits per heavy atom. The van der Waals surface area contributed by atoms with Gasteiger partial charge in [0.1, 0.15) is 0 Å². The molecule has 0 radical (unpaired) electrons. The Kier molecular flexibility index (Phi) is 8.53. The second-order valence-electron chi connectivity index (χ2n) is 7.92. The summed E-state index contributed by atoms with van der Waals surface area (Å²) in [5, 5.41) is 0. The molecule has 29 heavy (non-hydrogen) atoms. The van der Waals surface area contributed by atoms with Gasteiger partial charge in [0, 0.05) is 32.1 Å². The van der Waals surface area contributed by atoms with E-state index in [0.717, 1.165) is 32.6 Å². The van der Waals surface area contributed by atoms with Crippen LogP contribution >= 0.6 is 24.8 Å². The first-order valence-electron chi connectivity index (χ1n) is 10.0. The molecule has 4 rings (SSSR count). The first-order valence-corrected chi connectivity index (χ1v) is 10.0. The summed E-state index contributed by atoms with van der Waals surface area (Å²) in [6, 6.07) is 19.0. The van der Waals surface area contributed by atoms with Crippen molar-refractivity contribution in [3.05, 3.63) is 71.3 Å². The number of hydrogen-bond acceptors (Lipinski definition) is 3. The molecule has 0 aromatic heterocycles. The van der Waals surface area contributed by atoms with Crippen molar-refractivity contribution in [2.45, 2.75) is 31.8 Å². The van der Waals surface area contributed by atoms with Gasteiger partial charge in [0.15, 0.2) is 0 Å². The molecule has 2 aliphatic heterocycles. The number of rotatable bonds is 4. The van der Waals surface area contributed by atoms with Crippen molar-refractivity contribution in [1.29, 1.82) is 0 Å². The van der Waals surface area contributed by atoms with E-state index in [1.807, 2.05) is 11.0 Å². The molecular formula is C23H31Cl2N3O. The average molecular weight is 436 g/mol. The number of nitrogens with two attached hydrogens (primary N) is 1. The highest BCUT2D eigenvalue weighted by Crippen LogP contribution is 2.33. The molecule has 0 saturated carbocycles. The van der Waals surface area contributed by atoms with E-state index in [1.165, 1.54) is 16.7 Å². The Morgan fingerprint density at radius 1 is 1.03 bits per heavy atom. The Morgan fingerprint density at radius 2 is 1.69 bits per heavy atom. The summed E-state index contributed by atoms with van der Waals surface area (Å²) in [6.45, 7) is 6.03. The predicted octanol–water partition coefficient (Wildman–Crippen LogP) is 3.48. The number of halogens is 2. The molecule has 0 aliphatic carbocycles. The van der Waals surface area contributed by atoms with Gasteiger partial charge in [-0.25, -0.2) is 0 Å². The molecule has 1 amide bonds. The van der Waals surface area contributed by atoms with Crippen LogP contribution in [0, 0.1) is 5.92 Å². The predicted molar refractivity (Wildman–Crippen MR) is 123 cm³/mol. The van der Waals surface area contributed by atoms with Crippen molar-refractivity contribution in [2.24, 2.45) is 11.7 Å². The zero-order valence-corrected chi connectivity index (χ0v) is 18.5. The fraction of sp³-hybridized carbons (Fsp3) is 0.435. The molecule has 2 aliphatic rings. The van der Waals surface area contributed by atoms with E-state index in [0.29, 0.717) is 18.4 Å². The molecule has 2 aromatic carbocycles. The van der Waals surface area contributed by atoms with Crippen molar-refractivity contribution in [3.8, 4) is 0 Å². The van der Waals surface area contributed by atoms with Crippen molar-refractivity contribution < 1.29 is 4.79 Å². The molecule has 1 fully saturated rings. The lowest BCUT2D eigenvalue weighted by Gasteiger charge is -2.34. The Hall–Kier alpha value is -1.59. The Bertz CT molecular complexity index is 802. The molecule has 6 heteroatoms. The Labute approximate surface area is 186 Å². The second kappa shape index (κ2) is 10.4. The molecule has 2 heterocycles. The maximum absolute atomic E-state index is 13.2. The van der Waals surface area contributed by atoms with Crippen LogP contribution in [0.15, 0.2) is 54.6 Å². The van der Waals surface area contributed by atoms with Crippen LogP contribution in [-0.4, -0.2) is 47.9 Å². The van der Waals surface area contributed by atoms with E-state index in [4.69, 9.17) is 5.73 Å². The SMILES string of the molecule is CC(C(=O)N1C[C@@H](CN)[C@H](c2ccccc2)C1)N1CCc2ccccc2C1.Cl.Cl. The van der Waals surface area contributed by atoms with Gasteiger partial charge in [-0.05, 0) is 42.5 Å². The normalized spacial score (nSPS) is 22.2. The van der Waals surface area contributed by atoms with E-state index in [2.05, 4.69) is 60.4 Å². The average Bonchev–Trinajstić information content (AvgIpc) is 3.17. The van der Waals surface area contributed by atoms with E-state index in [-0.39, 0.29) is 36.8 Å². The van der Waals surface area contributed by atoms with Crippen LogP contribution in [0.4, 0.5) is 0 Å². The van der Waals surface area contributed by atoms with Crippen LogP contribution in [0.5, 0.6) is 0 Å². The maximum Gasteiger partial charge on any atom is 0.239 e. The van der Waals surface area contributed by atoms with Crippen LogP contribution in [0.2, 0.25) is 0 Å². The smallest absolute Gasteiger partial charge is 0.239 e. The van der Waals surface area contributed by atoms with Gasteiger partial charge in [0.2, 0.25) is 5.91 Å². The highest BCUT2D eigenvalue weighted by molar-refractivity contribution is 5.85. The van der Waals surface area contributed by atoms with Gasteiger partial charge in [-0.2, -0.15) is 0 Å². The number of benzene rings is 2. The molecule has 158 valence electrons. The fourth-order valence-electron chi connectivity index (χ4n) is 4.64. The van der Waals surface area contributed by atoms with E-state index < -0.39 is 0 Å². The van der Waals surface area contributed by atoms with Crippen LogP contribution in [0.3, 0.4) is 0 Å². The topological polar surface area (TPSA) is 49.6 Å². The zero-order chi connectivity index (χ0) is 18.8. The largest absolute Gasteiger partial charge is 0.340 e. The van der Waals surface area contributed by atoms with E-state index in [1.54, 1.807) is 0 Å². The summed E-state index contributed by atoms with van der Waals surface area (Å²) < 4.78 is 0. The first kappa shape index (κ1) is 23.7. The lowest BCUT2D eigenvalue weighted by Crippen LogP contribution is -2.48. The minimum absolute atomic E-state index is 0. The summed E-state index contributed by atoms with van der Waals surface area (Å²) in [5.41, 5.74) is 10.1. The van der Waals surface area contributed by atoms with Crippen molar-refractivity contribution in [3.63, 3.8) is 0 Å². The minimum Gasteiger partial charge on any atom is -0.340 e. The van der Waals surface area contributed by atoms with Crippen LogP contribution < -0.4 is 5.73 Å². The first-order chi connectivity index (χ1) is 13.2. The Balaban J connectivity index is 0.00000150. The van der Waals surface area contributed by atoms with Gasteiger partial charge in [-0.15, -0.1) is 24.8 Å². The minimum atomic E-state index is -0.0914. The van der Waals surface area contributed by atoms with Gasteiger partial charge in [0.25, 0.3) is 0 Å². The van der Waals surface area contributed by atoms with E-state index in [9.17, 15) is 4.79 Å². The van der Waals surface area contributed by atoms with Gasteiger partial charge in [0.05, 0.1) is 6.04 Å². The van der Waals surface area contributed by atoms with Crippen molar-refractivity contribution in [2.75, 3.05) is 26.2 Å². The van der Waals surface area contributed by atoms with Gasteiger partial charge < -0.3 is 10.6 Å². The number of likely N-dealkylation sites (tertiary alicyclic amines) is 1. The number of nitrogens with zero attached hydrogens (tertiary/aromatic N) is 2. The molecule has 2 aromatic rings. The number of amides is 1. The number of fused-ring (bicyclic) bond motifs is 1. The number of hydrogen-bond donors (Lipinski definition) is 1. The number of carbonyl (C=O) groups excluding carboxylic acids is 1. The van der Waals surface area contributed by atoms with Gasteiger partial charge in [-0.3, -0.25) is 9.69 Å². The molecule has 2 N–H and O–H groups in total. The molecule has 1 saturated heterocycles. The summed E-state index contributed by atoms with van der Waals surface area (Å²) in [7, 11) is 0. The van der Waals surface area contributed by atoms with E-state index >= 15 is 0 Å². The van der Waals surface area contributed by atoms with Gasteiger partial charge in [-0.1, -0.05) is 54.6 Å². The van der Waals surface area contributed by atoms with Gasteiger partial charge >= 0.3 is 0 Å². The summed E-state index contributed by atoms with van der Waals surface area (Å²) in [6.07, 6.45) is 1.02. The molecular weight excluding hydrogens is 405 g/mol. The van der Waals surface area contributed by atoms with Crippen molar-refractivity contribution >= 4 is 30.7 Å². The quantitative estimate of drug-likeness (QED) is 0.799.